The molecule has 10 aliphatic heterocycles. The van der Waals surface area contributed by atoms with Crippen LogP contribution in [0.25, 0.3) is 43.6 Å². The van der Waals surface area contributed by atoms with Crippen LogP contribution in [0.1, 0.15) is 289 Å². The molecule has 0 radical (unpaired) electrons. The fourth-order valence-corrected chi connectivity index (χ4v) is 22.9. The highest BCUT2D eigenvalue weighted by atomic mass is 32.2. The first-order valence-electron chi connectivity index (χ1n) is 47.0. The third-order valence-electron chi connectivity index (χ3n) is 24.7. The minimum atomic E-state index is -3.85. The monoisotopic (exact) mass is 1780 g/mol. The summed E-state index contributed by atoms with van der Waals surface area (Å²) in [7, 11) is -7.48. The van der Waals surface area contributed by atoms with Gasteiger partial charge in [-0.1, -0.05) is 196 Å². The maximum absolute atomic E-state index is 13.9. The fraction of sp³-hybridized carbons (Fsp3) is 0.481. The van der Waals surface area contributed by atoms with Crippen LogP contribution in [0.4, 0.5) is 20.1 Å². The number of hydrogen-bond donors (Lipinski definition) is 6. The van der Waals surface area contributed by atoms with Gasteiger partial charge in [-0.15, -0.1) is 0 Å². The second-order valence-corrected chi connectivity index (χ2v) is 39.8. The summed E-state index contributed by atoms with van der Waals surface area (Å²) in [5, 5.41) is 12.0. The van der Waals surface area contributed by atoms with Gasteiger partial charge in [-0.25, -0.2) is 39.2 Å². The van der Waals surface area contributed by atoms with E-state index in [1.165, 1.54) is 67.6 Å². The minimum absolute atomic E-state index is 0.0173. The Kier molecular flexibility index (Phi) is 32.4. The van der Waals surface area contributed by atoms with Crippen LogP contribution in [-0.4, -0.2) is 127 Å². The number of aryl methyl sites for hydroxylation is 2. The SMILES string of the molecule is CC.CC.CC.CC.CC.CC(C)(C)OC(=O)N1C2CCC(=O)C1CC2.CC(C)(C)OC(=O)N1C2CCC1c1[nH]c3ccccc3c1C2.Cc1ccc(S(=O)(=O)n2c3c(c4ccccc42)CC2CCC3N2)cc1.Cc1ccc(S(=O)(=O)n2c3c(c4ccccc42)CC2CCC3N2C(=O)OC(C)(C)C)cc1.NNc1ccccc1.c1ccc2c3c([nH]c2c1)C1CCC(C3)N1. The predicted octanol–water partition coefficient (Wildman–Crippen LogP) is 23.6. The average molecular weight is 1790 g/mol. The second kappa shape index (κ2) is 42.1. The van der Waals surface area contributed by atoms with Crippen LogP contribution in [0.2, 0.25) is 0 Å². The molecule has 10 atom stereocenters. The van der Waals surface area contributed by atoms with E-state index in [1.54, 1.807) is 43.6 Å². The van der Waals surface area contributed by atoms with E-state index < -0.39 is 36.8 Å². The minimum Gasteiger partial charge on any atom is -0.444 e. The Labute approximate surface area is 760 Å². The number of fused-ring (bicyclic) bond motifs is 26. The van der Waals surface area contributed by atoms with Gasteiger partial charge in [0, 0.05) is 98.4 Å². The standard InChI is InChI=1S/C25H28N2O4S.C20H20N2O2S.C18H22N2O2.C13H14N2.C12H19NO3.C6H8N2.5C2H6/c1-16-9-12-18(13-10-16)32(29,30)27-21-8-6-5-7-19(21)20-15-17-11-14-22(23(20)27)26(17)24(28)31-25(2,3)4;1-13-6-9-15(10-7-13)25(23,24)22-19-5-3-2-4-16(19)17-12-14-8-11-18(21-14)20(17)22;1-18(2,3)22-17(21)20-11-8-9-15(20)16-13(10-11)12-6-4-5-7-14(12)19-16;1-2-4-11-9(3-1)10-7-8-5-6-12(14-8)13(10)15-11;1-12(2,3)16-11(15)13-8-4-6-9(13)10(14)7-5-8;7-8-6-4-2-1-3-5-6;5*1-2/h5-10,12-13,17,22H,11,14-15H2,1-4H3;2-7,9-10,14,18,21H,8,11-12H2,1H3;4-7,11,15,19H,8-10H2,1-3H3;1-4,8,12,14-15H,5-7H2;8-9H,4-7H2,1-3H3;1-5,8H,7H2;5*1-2H3. The van der Waals surface area contributed by atoms with E-state index in [4.69, 9.17) is 20.1 Å². The largest absolute Gasteiger partial charge is 0.444 e. The van der Waals surface area contributed by atoms with Gasteiger partial charge in [0.15, 0.2) is 5.78 Å². The van der Waals surface area contributed by atoms with Gasteiger partial charge in [0.2, 0.25) is 0 Å². The van der Waals surface area contributed by atoms with Crippen molar-refractivity contribution in [1.29, 1.82) is 0 Å². The lowest BCUT2D eigenvalue weighted by Gasteiger charge is -2.36. The van der Waals surface area contributed by atoms with E-state index in [0.717, 1.165) is 121 Å². The summed E-state index contributed by atoms with van der Waals surface area (Å²) in [5.74, 6) is 5.29. The molecule has 7 aromatic carbocycles. The molecule has 7 N–H and O–H groups in total. The molecule has 690 valence electrons. The third-order valence-corrected chi connectivity index (χ3v) is 28.2. The number of Topliss-reactive ketones (excluding diaryl/α,β-unsaturated/α-hetero) is 1. The number of para-hydroxylation sites is 5. The zero-order valence-corrected chi connectivity index (χ0v) is 81.1. The maximum Gasteiger partial charge on any atom is 0.411 e. The molecule has 10 bridgehead atoms. The van der Waals surface area contributed by atoms with E-state index in [2.05, 4.69) is 74.6 Å². The number of rotatable bonds is 5. The molecule has 0 spiro atoms. The molecule has 0 saturated carbocycles. The van der Waals surface area contributed by atoms with Crippen molar-refractivity contribution in [3.63, 3.8) is 0 Å². The lowest BCUT2D eigenvalue weighted by Crippen LogP contribution is -2.50. The van der Waals surface area contributed by atoms with Crippen molar-refractivity contribution < 1.29 is 50.2 Å². The summed E-state index contributed by atoms with van der Waals surface area (Å²) in [5.41, 5.74) is 17.4. The molecule has 22 nitrogen and oxygen atoms in total. The van der Waals surface area contributed by atoms with Crippen LogP contribution < -0.4 is 21.9 Å². The number of hydrazine groups is 1. The highest BCUT2D eigenvalue weighted by Gasteiger charge is 2.51. The van der Waals surface area contributed by atoms with Crippen LogP contribution in [-0.2, 0) is 64.7 Å². The number of benzene rings is 7. The van der Waals surface area contributed by atoms with Crippen molar-refractivity contribution >= 4 is 93.4 Å². The van der Waals surface area contributed by atoms with Gasteiger partial charge in [0.1, 0.15) is 16.8 Å². The Morgan fingerprint density at radius 1 is 0.383 bits per heavy atom. The van der Waals surface area contributed by atoms with E-state index in [0.29, 0.717) is 41.0 Å². The summed E-state index contributed by atoms with van der Waals surface area (Å²) >= 11 is 0. The van der Waals surface area contributed by atoms with Crippen molar-refractivity contribution in [1.82, 2.24) is 43.2 Å². The average Bonchev–Trinajstić information content (AvgIpc) is 1.29. The van der Waals surface area contributed by atoms with Gasteiger partial charge in [0.05, 0.1) is 50.3 Å². The van der Waals surface area contributed by atoms with Crippen molar-refractivity contribution in [2.45, 2.75) is 335 Å². The summed E-state index contributed by atoms with van der Waals surface area (Å²) in [6, 6.07) is 58.3. The first-order valence-corrected chi connectivity index (χ1v) is 49.9. The molecule has 24 heteroatoms. The third kappa shape index (κ3) is 21.1. The normalized spacial score (nSPS) is 21.3. The smallest absolute Gasteiger partial charge is 0.411 e. The zero-order chi connectivity index (χ0) is 93.1. The van der Waals surface area contributed by atoms with Crippen LogP contribution >= 0.6 is 0 Å². The summed E-state index contributed by atoms with van der Waals surface area (Å²) in [6.45, 7) is 40.7. The molecule has 10 aliphatic rings. The maximum atomic E-state index is 13.9. The van der Waals surface area contributed by atoms with Crippen LogP contribution in [0.3, 0.4) is 0 Å². The number of aromatic nitrogens is 4. The number of amides is 3. The van der Waals surface area contributed by atoms with E-state index in [9.17, 15) is 36.0 Å². The Balaban J connectivity index is 0.000000151. The van der Waals surface area contributed by atoms with Gasteiger partial charge in [-0.05, 0) is 255 Å². The Morgan fingerprint density at radius 3 is 1.23 bits per heavy atom. The number of hydrogen-bond acceptors (Lipinski definition) is 15. The highest BCUT2D eigenvalue weighted by Crippen LogP contribution is 2.51. The Bertz CT molecular complexity index is 5860. The molecule has 4 aromatic heterocycles. The summed E-state index contributed by atoms with van der Waals surface area (Å²) in [4.78, 5) is 62.5. The first-order chi connectivity index (χ1) is 61.3. The molecule has 10 unspecified atom stereocenters. The Morgan fingerprint density at radius 2 is 0.750 bits per heavy atom. The molecule has 6 fully saturated rings. The number of nitrogen functional groups attached to an aromatic ring is 1. The topological polar surface area (TPSA) is 278 Å². The van der Waals surface area contributed by atoms with Crippen LogP contribution in [0.15, 0.2) is 186 Å². The Hall–Kier alpha value is -10.2. The van der Waals surface area contributed by atoms with Crippen molar-refractivity contribution in [3.8, 4) is 0 Å². The number of nitrogens with two attached hydrogens (primary N) is 1. The van der Waals surface area contributed by atoms with E-state index in [1.807, 2.05) is 253 Å². The molecule has 128 heavy (non-hydrogen) atoms. The number of ketones is 1. The summed E-state index contributed by atoms with van der Waals surface area (Å²) in [6.07, 6.45) is 14.3. The fourth-order valence-electron chi connectivity index (χ4n) is 19.7. The van der Waals surface area contributed by atoms with Crippen LogP contribution in [0.5, 0.6) is 0 Å². The van der Waals surface area contributed by atoms with Gasteiger partial charge >= 0.3 is 18.3 Å². The van der Waals surface area contributed by atoms with E-state index >= 15 is 0 Å². The number of carbonyl (C=O) groups is 4. The molecular weight excluding hydrogens is 1640 g/mol. The molecule has 6 saturated heterocycles. The second-order valence-electron chi connectivity index (χ2n) is 36.3. The summed E-state index contributed by atoms with van der Waals surface area (Å²) < 4.78 is 74.5. The number of piperidine rings is 1. The van der Waals surface area contributed by atoms with Crippen molar-refractivity contribution in [2.75, 3.05) is 5.43 Å². The lowest BCUT2D eigenvalue weighted by atomic mass is 9.97. The van der Waals surface area contributed by atoms with Crippen molar-refractivity contribution in [3.05, 3.63) is 232 Å². The van der Waals surface area contributed by atoms with Gasteiger partial charge in [0.25, 0.3) is 20.0 Å². The zero-order valence-electron chi connectivity index (χ0n) is 79.5. The number of nitrogens with zero attached hydrogens (tertiary/aromatic N) is 5. The number of ether oxygens (including phenoxy) is 3. The molecule has 3 amide bonds. The molecular formula is C104H141N11O11S2. The van der Waals surface area contributed by atoms with Gasteiger partial charge in [-0.2, -0.15) is 0 Å². The van der Waals surface area contributed by atoms with Crippen LogP contribution in [0, 0.1) is 13.8 Å². The quantitative estimate of drug-likeness (QED) is 0.0531. The molecule has 21 rings (SSSR count). The molecule has 11 aromatic rings. The molecule has 0 aliphatic carbocycles. The van der Waals surface area contributed by atoms with E-state index in [-0.39, 0.29) is 71.3 Å². The molecule has 14 heterocycles. The van der Waals surface area contributed by atoms with Crippen molar-refractivity contribution in [2.24, 2.45) is 5.84 Å². The highest BCUT2D eigenvalue weighted by molar-refractivity contribution is 7.90. The number of H-pyrrole nitrogens is 2. The number of aromatic amines is 2. The van der Waals surface area contributed by atoms with Gasteiger partial charge < -0.3 is 40.2 Å². The first kappa shape index (κ1) is 98.4. The predicted molar refractivity (Wildman–Crippen MR) is 518 cm³/mol. The lowest BCUT2D eigenvalue weighted by molar-refractivity contribution is -0.126. The number of nitrogens with one attached hydrogen (secondary N) is 5. The number of anilines is 1. The number of carbonyl (C=O) groups excluding carboxylic acids is 4. The van der Waals surface area contributed by atoms with Gasteiger partial charge in [-0.3, -0.25) is 25.3 Å².